The summed E-state index contributed by atoms with van der Waals surface area (Å²) in [5, 5.41) is 20.2. The molecular formula is C17H14N4O3. The molecule has 0 aliphatic rings. The van der Waals surface area contributed by atoms with E-state index in [1.54, 1.807) is 36.4 Å². The fourth-order valence-electron chi connectivity index (χ4n) is 2.33. The Hall–Kier alpha value is -3.48. The summed E-state index contributed by atoms with van der Waals surface area (Å²) >= 11 is 0. The third kappa shape index (κ3) is 3.00. The minimum Gasteiger partial charge on any atom is -0.476 e. The van der Waals surface area contributed by atoms with E-state index in [-0.39, 0.29) is 11.6 Å². The molecule has 7 heteroatoms. The van der Waals surface area contributed by atoms with Crippen molar-refractivity contribution in [2.24, 2.45) is 0 Å². The van der Waals surface area contributed by atoms with Crippen LogP contribution in [0.5, 0.6) is 0 Å². The first-order valence-corrected chi connectivity index (χ1v) is 7.18. The number of nitrogens with zero attached hydrogens (tertiary/aromatic N) is 3. The van der Waals surface area contributed by atoms with Crippen LogP contribution in [0.3, 0.4) is 0 Å². The van der Waals surface area contributed by atoms with Gasteiger partial charge in [0.1, 0.15) is 5.69 Å². The van der Waals surface area contributed by atoms with Gasteiger partial charge in [-0.2, -0.15) is 0 Å². The van der Waals surface area contributed by atoms with Gasteiger partial charge in [-0.25, -0.2) is 9.48 Å². The number of carboxylic acids is 1. The molecule has 1 aromatic heterocycles. The number of rotatable bonds is 4. The molecular weight excluding hydrogens is 308 g/mol. The number of hydrogen-bond donors (Lipinski definition) is 2. The van der Waals surface area contributed by atoms with E-state index >= 15 is 0 Å². The molecule has 0 unspecified atom stereocenters. The van der Waals surface area contributed by atoms with Crippen molar-refractivity contribution in [3.63, 3.8) is 0 Å². The van der Waals surface area contributed by atoms with E-state index in [2.05, 4.69) is 15.6 Å². The van der Waals surface area contributed by atoms with Crippen LogP contribution in [0.4, 0.5) is 5.69 Å². The monoisotopic (exact) mass is 322 g/mol. The van der Waals surface area contributed by atoms with Gasteiger partial charge < -0.3 is 10.4 Å². The number of nitrogens with one attached hydrogen (secondary N) is 1. The van der Waals surface area contributed by atoms with Gasteiger partial charge in [-0.05, 0) is 24.3 Å². The van der Waals surface area contributed by atoms with E-state index in [4.69, 9.17) is 0 Å². The van der Waals surface area contributed by atoms with E-state index in [9.17, 15) is 14.7 Å². The molecule has 0 radical (unpaired) electrons. The molecule has 0 aliphatic heterocycles. The number of carbonyl (C=O) groups is 2. The first-order chi connectivity index (χ1) is 11.6. The lowest BCUT2D eigenvalue weighted by Crippen LogP contribution is -2.10. The van der Waals surface area contributed by atoms with Gasteiger partial charge in [-0.1, -0.05) is 35.5 Å². The normalized spacial score (nSPS) is 10.4. The van der Waals surface area contributed by atoms with Crippen LogP contribution in [0.25, 0.3) is 16.9 Å². The van der Waals surface area contributed by atoms with Crippen molar-refractivity contribution in [3.8, 4) is 16.9 Å². The lowest BCUT2D eigenvalue weighted by Gasteiger charge is -2.06. The third-order valence-corrected chi connectivity index (χ3v) is 3.35. The Bertz CT molecular complexity index is 886. The van der Waals surface area contributed by atoms with Crippen LogP contribution in [0.1, 0.15) is 17.4 Å². The SMILES string of the molecule is CC(=O)Nc1ccc(-n2nnc(-c3ccccc3)c2C(=O)O)cc1. The van der Waals surface area contributed by atoms with Gasteiger partial charge in [0.25, 0.3) is 0 Å². The highest BCUT2D eigenvalue weighted by Gasteiger charge is 2.21. The van der Waals surface area contributed by atoms with Crippen LogP contribution in [0.2, 0.25) is 0 Å². The minimum atomic E-state index is -1.12. The Morgan fingerprint density at radius 3 is 2.29 bits per heavy atom. The predicted molar refractivity (Wildman–Crippen MR) is 88.1 cm³/mol. The quantitative estimate of drug-likeness (QED) is 0.769. The van der Waals surface area contributed by atoms with Gasteiger partial charge in [-0.15, -0.1) is 5.10 Å². The number of anilines is 1. The summed E-state index contributed by atoms with van der Waals surface area (Å²) in [5.74, 6) is -1.30. The summed E-state index contributed by atoms with van der Waals surface area (Å²) in [7, 11) is 0. The molecule has 2 N–H and O–H groups in total. The van der Waals surface area contributed by atoms with Gasteiger partial charge in [0.15, 0.2) is 5.69 Å². The second-order valence-corrected chi connectivity index (χ2v) is 5.10. The lowest BCUT2D eigenvalue weighted by atomic mass is 10.1. The molecule has 24 heavy (non-hydrogen) atoms. The van der Waals surface area contributed by atoms with E-state index < -0.39 is 5.97 Å². The van der Waals surface area contributed by atoms with E-state index in [1.807, 2.05) is 18.2 Å². The molecule has 7 nitrogen and oxygen atoms in total. The van der Waals surface area contributed by atoms with Crippen LogP contribution in [0.15, 0.2) is 54.6 Å². The Labute approximate surface area is 137 Å². The number of carbonyl (C=O) groups excluding carboxylic acids is 1. The standard InChI is InChI=1S/C17H14N4O3/c1-11(22)18-13-7-9-14(10-8-13)21-16(17(23)24)15(19-20-21)12-5-3-2-4-6-12/h2-10H,1H3,(H,18,22)(H,23,24). The Balaban J connectivity index is 2.04. The maximum atomic E-state index is 11.7. The average molecular weight is 322 g/mol. The Kier molecular flexibility index (Phi) is 4.07. The fourth-order valence-corrected chi connectivity index (χ4v) is 2.33. The highest BCUT2D eigenvalue weighted by molar-refractivity contribution is 5.93. The van der Waals surface area contributed by atoms with Crippen LogP contribution in [-0.2, 0) is 4.79 Å². The van der Waals surface area contributed by atoms with Gasteiger partial charge in [0.2, 0.25) is 5.91 Å². The van der Waals surface area contributed by atoms with Crippen molar-refractivity contribution in [1.82, 2.24) is 15.0 Å². The number of amides is 1. The second-order valence-electron chi connectivity index (χ2n) is 5.10. The summed E-state index contributed by atoms with van der Waals surface area (Å²) in [5.41, 5.74) is 2.11. The van der Waals surface area contributed by atoms with E-state index in [1.165, 1.54) is 11.6 Å². The van der Waals surface area contributed by atoms with Gasteiger partial charge in [0.05, 0.1) is 5.69 Å². The van der Waals surface area contributed by atoms with Gasteiger partial charge in [-0.3, -0.25) is 4.79 Å². The molecule has 0 saturated carbocycles. The maximum Gasteiger partial charge on any atom is 0.357 e. The van der Waals surface area contributed by atoms with Crippen molar-refractivity contribution in [3.05, 3.63) is 60.3 Å². The molecule has 120 valence electrons. The molecule has 0 spiro atoms. The fraction of sp³-hybridized carbons (Fsp3) is 0.0588. The predicted octanol–water partition coefficient (Wildman–Crippen LogP) is 2.59. The summed E-state index contributed by atoms with van der Waals surface area (Å²) in [6.45, 7) is 1.42. The molecule has 0 bridgehead atoms. The molecule has 0 fully saturated rings. The van der Waals surface area contributed by atoms with Crippen molar-refractivity contribution < 1.29 is 14.7 Å². The highest BCUT2D eigenvalue weighted by atomic mass is 16.4. The zero-order valence-electron chi connectivity index (χ0n) is 12.8. The van der Waals surface area contributed by atoms with Crippen LogP contribution < -0.4 is 5.32 Å². The highest BCUT2D eigenvalue weighted by Crippen LogP contribution is 2.23. The largest absolute Gasteiger partial charge is 0.476 e. The molecule has 1 amide bonds. The first-order valence-electron chi connectivity index (χ1n) is 7.18. The number of benzene rings is 2. The number of aromatic nitrogens is 3. The number of carboxylic acid groups (broad SMARTS) is 1. The Morgan fingerprint density at radius 2 is 1.71 bits per heavy atom. The zero-order chi connectivity index (χ0) is 17.1. The topological polar surface area (TPSA) is 97.1 Å². The number of hydrogen-bond acceptors (Lipinski definition) is 4. The van der Waals surface area contributed by atoms with E-state index in [0.717, 1.165) is 0 Å². The van der Waals surface area contributed by atoms with Crippen molar-refractivity contribution in [2.45, 2.75) is 6.92 Å². The summed E-state index contributed by atoms with van der Waals surface area (Å²) in [6.07, 6.45) is 0. The minimum absolute atomic E-state index is 0.0199. The van der Waals surface area contributed by atoms with Crippen molar-refractivity contribution in [1.29, 1.82) is 0 Å². The third-order valence-electron chi connectivity index (χ3n) is 3.35. The molecule has 3 aromatic rings. The molecule has 3 rings (SSSR count). The average Bonchev–Trinajstić information content (AvgIpc) is 3.01. The van der Waals surface area contributed by atoms with Crippen molar-refractivity contribution >= 4 is 17.6 Å². The molecule has 0 aliphatic carbocycles. The van der Waals surface area contributed by atoms with Gasteiger partial charge >= 0.3 is 5.97 Å². The lowest BCUT2D eigenvalue weighted by molar-refractivity contribution is -0.114. The molecule has 0 saturated heterocycles. The van der Waals surface area contributed by atoms with Crippen LogP contribution in [-0.4, -0.2) is 32.0 Å². The Morgan fingerprint density at radius 1 is 1.04 bits per heavy atom. The summed E-state index contributed by atoms with van der Waals surface area (Å²) < 4.78 is 1.27. The summed E-state index contributed by atoms with van der Waals surface area (Å²) in [4.78, 5) is 22.8. The molecule has 2 aromatic carbocycles. The van der Waals surface area contributed by atoms with Crippen molar-refractivity contribution in [2.75, 3.05) is 5.32 Å². The number of aromatic carboxylic acids is 1. The van der Waals surface area contributed by atoms with E-state index in [0.29, 0.717) is 22.6 Å². The maximum absolute atomic E-state index is 11.7. The van der Waals surface area contributed by atoms with Crippen LogP contribution in [0, 0.1) is 0 Å². The first kappa shape index (κ1) is 15.4. The molecule has 0 atom stereocenters. The zero-order valence-corrected chi connectivity index (χ0v) is 12.8. The smallest absolute Gasteiger partial charge is 0.357 e. The second kappa shape index (κ2) is 6.33. The summed E-state index contributed by atoms with van der Waals surface area (Å²) in [6, 6.07) is 15.7. The van der Waals surface area contributed by atoms with Crippen LogP contribution >= 0.6 is 0 Å². The molecule has 1 heterocycles. The van der Waals surface area contributed by atoms with Gasteiger partial charge in [0, 0.05) is 18.2 Å².